The highest BCUT2D eigenvalue weighted by Gasteiger charge is 2.04. The van der Waals surface area contributed by atoms with Gasteiger partial charge >= 0.3 is 0 Å². The molecule has 0 N–H and O–H groups in total. The molecule has 0 spiro atoms. The van der Waals surface area contributed by atoms with Gasteiger partial charge in [0, 0.05) is 3.57 Å². The van der Waals surface area contributed by atoms with Gasteiger partial charge < -0.3 is 0 Å². The first kappa shape index (κ1) is 9.35. The number of hydrogen-bond donors (Lipinski definition) is 0. The Morgan fingerprint density at radius 1 is 1.10 bits per heavy atom. The van der Waals surface area contributed by atoms with Crippen LogP contribution in [-0.2, 0) is 0 Å². The van der Waals surface area contributed by atoms with Crippen molar-refractivity contribution >= 4 is 68.4 Å². The molecule has 10 heavy (non-hydrogen) atoms. The van der Waals surface area contributed by atoms with Crippen LogP contribution in [0.15, 0.2) is 12.1 Å². The topological polar surface area (TPSA) is 0 Å². The van der Waals surface area contributed by atoms with Crippen LogP contribution in [-0.4, -0.2) is 0 Å². The molecule has 0 aliphatic rings. The summed E-state index contributed by atoms with van der Waals surface area (Å²) in [7, 11) is 0. The van der Waals surface area contributed by atoms with Crippen LogP contribution in [0.25, 0.3) is 0 Å². The Bertz CT molecular complexity index is 233. The van der Waals surface area contributed by atoms with Crippen molar-refractivity contribution in [2.45, 2.75) is 0 Å². The van der Waals surface area contributed by atoms with Crippen molar-refractivity contribution in [1.82, 2.24) is 0 Å². The SMILES string of the molecule is Clc1ccc(I)c(Cl)c1I. The minimum atomic E-state index is 0.714. The fourth-order valence-electron chi connectivity index (χ4n) is 0.502. The first-order chi connectivity index (χ1) is 4.63. The highest BCUT2D eigenvalue weighted by Crippen LogP contribution is 2.29. The second kappa shape index (κ2) is 3.78. The maximum Gasteiger partial charge on any atom is 0.0687 e. The predicted octanol–water partition coefficient (Wildman–Crippen LogP) is 4.20. The van der Waals surface area contributed by atoms with Crippen LogP contribution in [0.3, 0.4) is 0 Å². The molecule has 0 aliphatic carbocycles. The van der Waals surface area contributed by atoms with E-state index in [1.807, 2.05) is 12.1 Å². The van der Waals surface area contributed by atoms with Gasteiger partial charge in [0.15, 0.2) is 0 Å². The van der Waals surface area contributed by atoms with Gasteiger partial charge in [0.05, 0.1) is 13.6 Å². The van der Waals surface area contributed by atoms with Gasteiger partial charge in [-0.25, -0.2) is 0 Å². The van der Waals surface area contributed by atoms with Crippen LogP contribution in [0.1, 0.15) is 0 Å². The van der Waals surface area contributed by atoms with Crippen molar-refractivity contribution in [2.75, 3.05) is 0 Å². The highest BCUT2D eigenvalue weighted by atomic mass is 127. The monoisotopic (exact) mass is 398 g/mol. The summed E-state index contributed by atoms with van der Waals surface area (Å²) in [5, 5.41) is 1.46. The van der Waals surface area contributed by atoms with Gasteiger partial charge in [-0.1, -0.05) is 23.2 Å². The predicted molar refractivity (Wildman–Crippen MR) is 61.9 cm³/mol. The van der Waals surface area contributed by atoms with Crippen LogP contribution in [0, 0.1) is 7.14 Å². The van der Waals surface area contributed by atoms with E-state index in [9.17, 15) is 0 Å². The Hall–Kier alpha value is 1.26. The zero-order chi connectivity index (χ0) is 7.72. The molecule has 0 heterocycles. The standard InChI is InChI=1S/C6H2Cl2I2/c7-3-1-2-4(9)5(8)6(3)10/h1-2H. The second-order valence-corrected chi connectivity index (χ2v) is 4.68. The lowest BCUT2D eigenvalue weighted by Gasteiger charge is -1.99. The van der Waals surface area contributed by atoms with Crippen molar-refractivity contribution in [1.29, 1.82) is 0 Å². The Morgan fingerprint density at radius 2 is 1.70 bits per heavy atom. The van der Waals surface area contributed by atoms with Crippen molar-refractivity contribution in [2.24, 2.45) is 0 Å². The Balaban J connectivity index is 3.34. The fourth-order valence-corrected chi connectivity index (χ4v) is 2.31. The van der Waals surface area contributed by atoms with Gasteiger partial charge in [-0.3, -0.25) is 0 Å². The summed E-state index contributed by atoms with van der Waals surface area (Å²) in [5.41, 5.74) is 0. The Kier molecular flexibility index (Phi) is 3.53. The molecule has 1 aromatic rings. The summed E-state index contributed by atoms with van der Waals surface area (Å²) in [6.07, 6.45) is 0. The van der Waals surface area contributed by atoms with Crippen molar-refractivity contribution in [3.8, 4) is 0 Å². The molecule has 0 saturated carbocycles. The zero-order valence-electron chi connectivity index (χ0n) is 4.67. The van der Waals surface area contributed by atoms with Gasteiger partial charge in [0.25, 0.3) is 0 Å². The Morgan fingerprint density at radius 3 is 2.20 bits per heavy atom. The van der Waals surface area contributed by atoms with E-state index in [0.29, 0.717) is 5.02 Å². The van der Waals surface area contributed by atoms with Crippen LogP contribution in [0.4, 0.5) is 0 Å². The molecule has 0 fully saturated rings. The molecule has 0 radical (unpaired) electrons. The van der Waals surface area contributed by atoms with E-state index in [4.69, 9.17) is 23.2 Å². The average Bonchev–Trinajstić information content (AvgIpc) is 1.93. The van der Waals surface area contributed by atoms with Crippen molar-refractivity contribution < 1.29 is 0 Å². The minimum Gasteiger partial charge on any atom is -0.0831 e. The maximum atomic E-state index is 5.88. The third-order valence-corrected chi connectivity index (χ3v) is 4.67. The molecule has 0 amide bonds. The number of benzene rings is 1. The summed E-state index contributed by atoms with van der Waals surface area (Å²) in [5.74, 6) is 0. The largest absolute Gasteiger partial charge is 0.0831 e. The van der Waals surface area contributed by atoms with Crippen LogP contribution in [0.5, 0.6) is 0 Å². The molecule has 0 bridgehead atoms. The zero-order valence-corrected chi connectivity index (χ0v) is 10.5. The molecule has 0 unspecified atom stereocenters. The van der Waals surface area contributed by atoms with Gasteiger partial charge in [-0.2, -0.15) is 0 Å². The quantitative estimate of drug-likeness (QED) is 0.349. The molecule has 1 rings (SSSR count). The van der Waals surface area contributed by atoms with E-state index in [0.717, 1.165) is 12.2 Å². The third-order valence-electron chi connectivity index (χ3n) is 0.988. The lowest BCUT2D eigenvalue weighted by atomic mass is 10.4. The van der Waals surface area contributed by atoms with Gasteiger partial charge in [-0.05, 0) is 57.3 Å². The fraction of sp³-hybridized carbons (Fsp3) is 0. The molecule has 0 nitrogen and oxygen atoms in total. The highest BCUT2D eigenvalue weighted by molar-refractivity contribution is 14.1. The lowest BCUT2D eigenvalue weighted by Crippen LogP contribution is -1.79. The third kappa shape index (κ3) is 1.89. The molecule has 0 atom stereocenters. The smallest absolute Gasteiger partial charge is 0.0687 e. The molecule has 1 aromatic carbocycles. The summed E-state index contributed by atoms with van der Waals surface area (Å²) < 4.78 is 1.96. The molecule has 54 valence electrons. The van der Waals surface area contributed by atoms with Gasteiger partial charge in [-0.15, -0.1) is 0 Å². The summed E-state index contributed by atoms with van der Waals surface area (Å²) in [6, 6.07) is 3.74. The second-order valence-electron chi connectivity index (χ2n) is 1.66. The van der Waals surface area contributed by atoms with Crippen molar-refractivity contribution in [3.05, 3.63) is 29.3 Å². The van der Waals surface area contributed by atoms with Crippen LogP contribution < -0.4 is 0 Å². The molecule has 4 heteroatoms. The normalized spacial score (nSPS) is 10.0. The van der Waals surface area contributed by atoms with E-state index >= 15 is 0 Å². The van der Waals surface area contributed by atoms with Gasteiger partial charge in [0.2, 0.25) is 0 Å². The average molecular weight is 399 g/mol. The first-order valence-corrected chi connectivity index (χ1v) is 5.33. The van der Waals surface area contributed by atoms with E-state index in [1.54, 1.807) is 0 Å². The summed E-state index contributed by atoms with van der Waals surface area (Å²) in [6.45, 7) is 0. The minimum absolute atomic E-state index is 0.714. The van der Waals surface area contributed by atoms with Crippen LogP contribution >= 0.6 is 68.4 Å². The number of halogens is 4. The molecule has 0 saturated heterocycles. The number of hydrogen-bond acceptors (Lipinski definition) is 0. The molecule has 0 aliphatic heterocycles. The van der Waals surface area contributed by atoms with Gasteiger partial charge in [0.1, 0.15) is 0 Å². The summed E-state index contributed by atoms with van der Waals surface area (Å²) in [4.78, 5) is 0. The Labute approximate surface area is 96.6 Å². The summed E-state index contributed by atoms with van der Waals surface area (Å²) >= 11 is 16.0. The lowest BCUT2D eigenvalue weighted by molar-refractivity contribution is 1.59. The number of rotatable bonds is 0. The first-order valence-electron chi connectivity index (χ1n) is 2.42. The molecular weight excluding hydrogens is 397 g/mol. The van der Waals surface area contributed by atoms with E-state index in [2.05, 4.69) is 45.2 Å². The van der Waals surface area contributed by atoms with E-state index in [1.165, 1.54) is 0 Å². The van der Waals surface area contributed by atoms with Crippen molar-refractivity contribution in [3.63, 3.8) is 0 Å². The molecular formula is C6H2Cl2I2. The van der Waals surface area contributed by atoms with E-state index < -0.39 is 0 Å². The van der Waals surface area contributed by atoms with E-state index in [-0.39, 0.29) is 0 Å². The van der Waals surface area contributed by atoms with Crippen LogP contribution in [0.2, 0.25) is 10.0 Å². The maximum absolute atomic E-state index is 5.88. The molecule has 0 aromatic heterocycles.